The van der Waals surface area contributed by atoms with E-state index in [1.807, 2.05) is 13.0 Å². The number of aryl methyl sites for hydroxylation is 1. The van der Waals surface area contributed by atoms with Gasteiger partial charge in [-0.1, -0.05) is 11.6 Å². The number of rotatable bonds is 2. The van der Waals surface area contributed by atoms with E-state index in [1.54, 1.807) is 6.07 Å². The molecule has 4 heteroatoms. The Kier molecular flexibility index (Phi) is 3.14. The summed E-state index contributed by atoms with van der Waals surface area (Å²) in [5.74, 6) is 0. The van der Waals surface area contributed by atoms with Gasteiger partial charge in [-0.05, 0) is 30.2 Å². The van der Waals surface area contributed by atoms with Crippen LogP contribution in [0.25, 0.3) is 0 Å². The quantitative estimate of drug-likeness (QED) is 0.627. The van der Waals surface area contributed by atoms with Gasteiger partial charge in [0.1, 0.15) is 0 Å². The molecule has 0 saturated heterocycles. The van der Waals surface area contributed by atoms with Crippen LogP contribution in [0, 0.1) is 6.92 Å². The van der Waals surface area contributed by atoms with Gasteiger partial charge in [0, 0.05) is 23.3 Å². The molecule has 1 rings (SSSR count). The molecule has 3 nitrogen and oxygen atoms in total. The zero-order chi connectivity index (χ0) is 10.0. The van der Waals surface area contributed by atoms with Gasteiger partial charge in [0.2, 0.25) is 0 Å². The van der Waals surface area contributed by atoms with Gasteiger partial charge < -0.3 is 17.2 Å². The van der Waals surface area contributed by atoms with Crippen LogP contribution in [0.15, 0.2) is 12.1 Å². The molecule has 1 aromatic carbocycles. The zero-order valence-corrected chi connectivity index (χ0v) is 8.31. The second kappa shape index (κ2) is 3.96. The molecule has 0 radical (unpaired) electrons. The lowest BCUT2D eigenvalue weighted by atomic mass is 10.0. The molecule has 0 spiro atoms. The third kappa shape index (κ3) is 2.12. The first-order valence-electron chi connectivity index (χ1n) is 4.07. The summed E-state index contributed by atoms with van der Waals surface area (Å²) >= 11 is 5.87. The minimum absolute atomic E-state index is 0.239. The molecular formula is C9H14ClN3. The van der Waals surface area contributed by atoms with Crippen molar-refractivity contribution in [2.24, 2.45) is 11.5 Å². The van der Waals surface area contributed by atoms with Crippen LogP contribution in [0.3, 0.4) is 0 Å². The summed E-state index contributed by atoms with van der Waals surface area (Å²) in [7, 11) is 0. The fourth-order valence-corrected chi connectivity index (χ4v) is 1.50. The van der Waals surface area contributed by atoms with Crippen molar-refractivity contribution in [2.45, 2.75) is 13.0 Å². The maximum atomic E-state index is 5.87. The Labute approximate surface area is 82.8 Å². The van der Waals surface area contributed by atoms with Crippen molar-refractivity contribution < 1.29 is 0 Å². The fraction of sp³-hybridized carbons (Fsp3) is 0.333. The Balaban J connectivity index is 3.20. The van der Waals surface area contributed by atoms with Crippen molar-refractivity contribution in [3.8, 4) is 0 Å². The number of benzene rings is 1. The standard InChI is InChI=1S/C9H14ClN3/c1-5-2-6(10)3-7(9(5)13)8(12)4-11/h2-3,8H,4,11-13H2,1H3. The number of anilines is 1. The molecule has 0 aliphatic carbocycles. The highest BCUT2D eigenvalue weighted by molar-refractivity contribution is 6.30. The highest BCUT2D eigenvalue weighted by Gasteiger charge is 2.10. The van der Waals surface area contributed by atoms with Crippen molar-refractivity contribution in [3.05, 3.63) is 28.3 Å². The van der Waals surface area contributed by atoms with Crippen LogP contribution >= 0.6 is 11.6 Å². The van der Waals surface area contributed by atoms with Crippen LogP contribution in [-0.4, -0.2) is 6.54 Å². The van der Waals surface area contributed by atoms with E-state index in [0.717, 1.165) is 11.1 Å². The van der Waals surface area contributed by atoms with E-state index < -0.39 is 0 Å². The van der Waals surface area contributed by atoms with E-state index in [1.165, 1.54) is 0 Å². The summed E-state index contributed by atoms with van der Waals surface area (Å²) in [6, 6.07) is 3.34. The molecule has 0 saturated carbocycles. The molecule has 1 aromatic rings. The second-order valence-electron chi connectivity index (χ2n) is 3.07. The number of halogens is 1. The lowest BCUT2D eigenvalue weighted by Gasteiger charge is -2.14. The molecule has 0 aliphatic rings. The topological polar surface area (TPSA) is 78.1 Å². The maximum absolute atomic E-state index is 5.87. The third-order valence-corrected chi connectivity index (χ3v) is 2.26. The molecular weight excluding hydrogens is 186 g/mol. The van der Waals surface area contributed by atoms with E-state index in [0.29, 0.717) is 17.3 Å². The summed E-state index contributed by atoms with van der Waals surface area (Å²) in [6.45, 7) is 2.26. The third-order valence-electron chi connectivity index (χ3n) is 2.04. The summed E-state index contributed by atoms with van der Waals surface area (Å²) in [5, 5.41) is 0.644. The summed E-state index contributed by atoms with van der Waals surface area (Å²) in [4.78, 5) is 0. The van der Waals surface area contributed by atoms with Crippen molar-refractivity contribution in [1.82, 2.24) is 0 Å². The van der Waals surface area contributed by atoms with Crippen LogP contribution in [0.2, 0.25) is 5.02 Å². The van der Waals surface area contributed by atoms with Crippen LogP contribution in [-0.2, 0) is 0 Å². The van der Waals surface area contributed by atoms with Crippen LogP contribution in [0.5, 0.6) is 0 Å². The maximum Gasteiger partial charge on any atom is 0.0440 e. The average Bonchev–Trinajstić information content (AvgIpc) is 2.10. The number of nitrogen functional groups attached to an aromatic ring is 1. The molecule has 13 heavy (non-hydrogen) atoms. The molecule has 0 aliphatic heterocycles. The van der Waals surface area contributed by atoms with Crippen molar-refractivity contribution >= 4 is 17.3 Å². The van der Waals surface area contributed by atoms with Gasteiger partial charge in [-0.2, -0.15) is 0 Å². The van der Waals surface area contributed by atoms with Crippen LogP contribution in [0.4, 0.5) is 5.69 Å². The monoisotopic (exact) mass is 199 g/mol. The molecule has 72 valence electrons. The Morgan fingerprint density at radius 2 is 2.08 bits per heavy atom. The molecule has 6 N–H and O–H groups in total. The first-order chi connectivity index (χ1) is 6.06. The van der Waals surface area contributed by atoms with Gasteiger partial charge in [0.25, 0.3) is 0 Å². The number of hydrogen-bond acceptors (Lipinski definition) is 3. The van der Waals surface area contributed by atoms with Crippen molar-refractivity contribution in [1.29, 1.82) is 0 Å². The van der Waals surface area contributed by atoms with E-state index in [2.05, 4.69) is 0 Å². The molecule has 0 amide bonds. The second-order valence-corrected chi connectivity index (χ2v) is 3.50. The van der Waals surface area contributed by atoms with Gasteiger partial charge >= 0.3 is 0 Å². The van der Waals surface area contributed by atoms with Crippen molar-refractivity contribution in [2.75, 3.05) is 12.3 Å². The van der Waals surface area contributed by atoms with Crippen molar-refractivity contribution in [3.63, 3.8) is 0 Å². The van der Waals surface area contributed by atoms with Gasteiger partial charge in [-0.3, -0.25) is 0 Å². The molecule has 1 atom stereocenters. The normalized spacial score (nSPS) is 12.9. The van der Waals surface area contributed by atoms with E-state index in [4.69, 9.17) is 28.8 Å². The summed E-state index contributed by atoms with van der Waals surface area (Å²) in [6.07, 6.45) is 0. The lowest BCUT2D eigenvalue weighted by Crippen LogP contribution is -2.22. The van der Waals surface area contributed by atoms with Gasteiger partial charge in [0.05, 0.1) is 0 Å². The molecule has 0 heterocycles. The number of hydrogen-bond donors (Lipinski definition) is 3. The lowest BCUT2D eigenvalue weighted by molar-refractivity contribution is 0.739. The SMILES string of the molecule is Cc1cc(Cl)cc(C(N)CN)c1N. The molecule has 0 fully saturated rings. The summed E-state index contributed by atoms with van der Waals surface area (Å²) < 4.78 is 0. The first-order valence-corrected chi connectivity index (χ1v) is 4.45. The minimum atomic E-state index is -0.239. The highest BCUT2D eigenvalue weighted by Crippen LogP contribution is 2.26. The Bertz CT molecular complexity index is 312. The average molecular weight is 200 g/mol. The van der Waals surface area contributed by atoms with Gasteiger partial charge in [-0.25, -0.2) is 0 Å². The predicted octanol–water partition coefficient (Wildman–Crippen LogP) is 1.19. The van der Waals surface area contributed by atoms with Gasteiger partial charge in [-0.15, -0.1) is 0 Å². The Morgan fingerprint density at radius 1 is 1.46 bits per heavy atom. The smallest absolute Gasteiger partial charge is 0.0440 e. The summed E-state index contributed by atoms with van der Waals surface area (Å²) in [5.41, 5.74) is 19.5. The largest absolute Gasteiger partial charge is 0.398 e. The van der Waals surface area contributed by atoms with Crippen LogP contribution < -0.4 is 17.2 Å². The molecule has 1 unspecified atom stereocenters. The predicted molar refractivity (Wildman–Crippen MR) is 56.6 cm³/mol. The van der Waals surface area contributed by atoms with Gasteiger partial charge in [0.15, 0.2) is 0 Å². The Morgan fingerprint density at radius 3 is 2.62 bits per heavy atom. The molecule has 0 bridgehead atoms. The fourth-order valence-electron chi connectivity index (χ4n) is 1.21. The Hall–Kier alpha value is -0.770. The zero-order valence-electron chi connectivity index (χ0n) is 7.55. The first kappa shape index (κ1) is 10.3. The minimum Gasteiger partial charge on any atom is -0.398 e. The van der Waals surface area contributed by atoms with E-state index in [-0.39, 0.29) is 6.04 Å². The molecule has 0 aromatic heterocycles. The van der Waals surface area contributed by atoms with Crippen LogP contribution in [0.1, 0.15) is 17.2 Å². The highest BCUT2D eigenvalue weighted by atomic mass is 35.5. The number of nitrogens with two attached hydrogens (primary N) is 3. The van der Waals surface area contributed by atoms with E-state index in [9.17, 15) is 0 Å². The van der Waals surface area contributed by atoms with E-state index >= 15 is 0 Å².